The van der Waals surface area contributed by atoms with Gasteiger partial charge in [0.25, 0.3) is 0 Å². The number of hydrogen-bond acceptors (Lipinski definition) is 5. The van der Waals surface area contributed by atoms with Gasteiger partial charge < -0.3 is 14.4 Å². The summed E-state index contributed by atoms with van der Waals surface area (Å²) in [6, 6.07) is 14.8. The van der Waals surface area contributed by atoms with Gasteiger partial charge in [-0.15, -0.1) is 0 Å². The normalized spacial score (nSPS) is 14.8. The number of hydrogen-bond donors (Lipinski definition) is 0. The second-order valence-electron chi connectivity index (χ2n) is 8.44. The maximum atomic E-state index is 10.8. The largest absolute Gasteiger partial charge is 0.494 e. The summed E-state index contributed by atoms with van der Waals surface area (Å²) in [7, 11) is 2.01. The van der Waals surface area contributed by atoms with Crippen molar-refractivity contribution in [1.82, 2.24) is 9.97 Å². The standard InChI is InChI=1S/C27H31N3O2/c1-3-20-5-7-21(8-6-20)24-18-28-27(29-19-24)30(2)14-4-16-32-25-11-12-26-22(13-15-31)9-10-23(26)17-25/h5-8,11-12,15,17-19,22H,3-4,9-10,13-14,16H2,1-2H3/t22-/m0/s1. The van der Waals surface area contributed by atoms with Gasteiger partial charge in [0.05, 0.1) is 6.61 Å². The summed E-state index contributed by atoms with van der Waals surface area (Å²) in [6.07, 6.45) is 9.44. The van der Waals surface area contributed by atoms with Crippen molar-refractivity contribution in [3.8, 4) is 16.9 Å². The Bertz CT molecular complexity index is 1030. The molecule has 0 bridgehead atoms. The summed E-state index contributed by atoms with van der Waals surface area (Å²) >= 11 is 0. The Morgan fingerprint density at radius 2 is 1.88 bits per heavy atom. The zero-order valence-corrected chi connectivity index (χ0v) is 19.0. The number of benzene rings is 2. The summed E-state index contributed by atoms with van der Waals surface area (Å²) in [6.45, 7) is 3.62. The molecule has 5 nitrogen and oxygen atoms in total. The average Bonchev–Trinajstić information content (AvgIpc) is 3.24. The number of rotatable bonds is 10. The highest BCUT2D eigenvalue weighted by atomic mass is 16.5. The average molecular weight is 430 g/mol. The van der Waals surface area contributed by atoms with Gasteiger partial charge in [0.2, 0.25) is 5.95 Å². The van der Waals surface area contributed by atoms with E-state index < -0.39 is 0 Å². The van der Waals surface area contributed by atoms with E-state index in [1.54, 1.807) is 0 Å². The first kappa shape index (κ1) is 22.0. The second-order valence-corrected chi connectivity index (χ2v) is 8.44. The van der Waals surface area contributed by atoms with Crippen molar-refractivity contribution in [3.63, 3.8) is 0 Å². The Balaban J connectivity index is 1.25. The summed E-state index contributed by atoms with van der Waals surface area (Å²) < 4.78 is 5.97. The summed E-state index contributed by atoms with van der Waals surface area (Å²) in [5.41, 5.74) is 6.13. The molecule has 4 rings (SSSR count). The first-order chi connectivity index (χ1) is 15.7. The van der Waals surface area contributed by atoms with Crippen LogP contribution in [-0.4, -0.2) is 36.5 Å². The number of aromatic nitrogens is 2. The Labute approximate surface area is 190 Å². The number of carbonyl (C=O) groups is 1. The molecule has 2 aromatic carbocycles. The van der Waals surface area contributed by atoms with Gasteiger partial charge in [0, 0.05) is 38.0 Å². The van der Waals surface area contributed by atoms with E-state index in [4.69, 9.17) is 4.74 Å². The monoisotopic (exact) mass is 429 g/mol. The van der Waals surface area contributed by atoms with Gasteiger partial charge >= 0.3 is 0 Å². The van der Waals surface area contributed by atoms with Crippen molar-refractivity contribution in [2.45, 2.75) is 44.9 Å². The van der Waals surface area contributed by atoms with E-state index in [0.29, 0.717) is 18.9 Å². The zero-order chi connectivity index (χ0) is 22.3. The number of aldehydes is 1. The quantitative estimate of drug-likeness (QED) is 0.326. The maximum absolute atomic E-state index is 10.8. The molecule has 1 heterocycles. The Hall–Kier alpha value is -3.21. The summed E-state index contributed by atoms with van der Waals surface area (Å²) in [5.74, 6) is 2.01. The molecule has 0 saturated carbocycles. The molecule has 32 heavy (non-hydrogen) atoms. The number of carbonyl (C=O) groups excluding carboxylic acids is 1. The number of ether oxygens (including phenoxy) is 1. The maximum Gasteiger partial charge on any atom is 0.225 e. The van der Waals surface area contributed by atoms with Gasteiger partial charge in [-0.25, -0.2) is 9.97 Å². The third kappa shape index (κ3) is 5.16. The molecule has 1 atom stereocenters. The van der Waals surface area contributed by atoms with Crippen LogP contribution in [0.5, 0.6) is 5.75 Å². The smallest absolute Gasteiger partial charge is 0.225 e. The molecule has 0 N–H and O–H groups in total. The Morgan fingerprint density at radius 1 is 1.09 bits per heavy atom. The van der Waals surface area contributed by atoms with Crippen LogP contribution in [0.25, 0.3) is 11.1 Å². The van der Waals surface area contributed by atoms with E-state index >= 15 is 0 Å². The second kappa shape index (κ2) is 10.4. The van der Waals surface area contributed by atoms with Crippen LogP contribution in [0.4, 0.5) is 5.95 Å². The first-order valence-corrected chi connectivity index (χ1v) is 11.5. The molecule has 0 fully saturated rings. The molecular formula is C27H31N3O2. The molecule has 166 valence electrons. The van der Waals surface area contributed by atoms with Crippen LogP contribution in [0.3, 0.4) is 0 Å². The highest BCUT2D eigenvalue weighted by Gasteiger charge is 2.22. The molecule has 0 aliphatic heterocycles. The molecule has 1 aliphatic rings. The van der Waals surface area contributed by atoms with E-state index in [0.717, 1.165) is 61.3 Å². The Kier molecular flexibility index (Phi) is 7.15. The topological polar surface area (TPSA) is 55.3 Å². The molecule has 1 aliphatic carbocycles. The van der Waals surface area contributed by atoms with Gasteiger partial charge in [-0.2, -0.15) is 0 Å². The lowest BCUT2D eigenvalue weighted by Gasteiger charge is -2.17. The highest BCUT2D eigenvalue weighted by Crippen LogP contribution is 2.36. The van der Waals surface area contributed by atoms with E-state index in [-0.39, 0.29) is 0 Å². The van der Waals surface area contributed by atoms with Crippen molar-refractivity contribution in [3.05, 3.63) is 71.5 Å². The van der Waals surface area contributed by atoms with E-state index in [1.165, 1.54) is 16.7 Å². The van der Waals surface area contributed by atoms with E-state index in [1.807, 2.05) is 25.5 Å². The predicted octanol–water partition coefficient (Wildman–Crippen LogP) is 5.23. The Morgan fingerprint density at radius 3 is 2.59 bits per heavy atom. The van der Waals surface area contributed by atoms with Crippen LogP contribution in [0.2, 0.25) is 0 Å². The molecule has 0 spiro atoms. The fourth-order valence-electron chi connectivity index (χ4n) is 4.32. The fourth-order valence-corrected chi connectivity index (χ4v) is 4.32. The predicted molar refractivity (Wildman–Crippen MR) is 128 cm³/mol. The van der Waals surface area contributed by atoms with Crippen molar-refractivity contribution in [2.75, 3.05) is 25.1 Å². The number of fused-ring (bicyclic) bond motifs is 1. The van der Waals surface area contributed by atoms with Gasteiger partial charge in [0.1, 0.15) is 12.0 Å². The van der Waals surface area contributed by atoms with Crippen LogP contribution in [0.15, 0.2) is 54.9 Å². The minimum Gasteiger partial charge on any atom is -0.494 e. The van der Waals surface area contributed by atoms with Gasteiger partial charge in [-0.05, 0) is 66.0 Å². The van der Waals surface area contributed by atoms with E-state index in [9.17, 15) is 4.79 Å². The molecular weight excluding hydrogens is 398 g/mol. The minimum absolute atomic E-state index is 0.382. The fraction of sp³-hybridized carbons (Fsp3) is 0.370. The third-order valence-electron chi connectivity index (χ3n) is 6.28. The van der Waals surface area contributed by atoms with Crippen molar-refractivity contribution in [1.29, 1.82) is 0 Å². The molecule has 0 saturated heterocycles. The summed E-state index contributed by atoms with van der Waals surface area (Å²) in [5, 5.41) is 0. The number of anilines is 1. The van der Waals surface area contributed by atoms with E-state index in [2.05, 4.69) is 58.2 Å². The van der Waals surface area contributed by atoms with Crippen molar-refractivity contribution in [2.24, 2.45) is 0 Å². The van der Waals surface area contributed by atoms with Gasteiger partial charge in [-0.1, -0.05) is 37.3 Å². The SMILES string of the molecule is CCc1ccc(-c2cnc(N(C)CCCOc3ccc4c(c3)CC[C@H]4CC=O)nc2)cc1. The van der Waals surface area contributed by atoms with Crippen LogP contribution >= 0.6 is 0 Å². The summed E-state index contributed by atoms with van der Waals surface area (Å²) in [4.78, 5) is 22.0. The van der Waals surface area contributed by atoms with Crippen molar-refractivity contribution >= 4 is 12.2 Å². The van der Waals surface area contributed by atoms with Crippen LogP contribution < -0.4 is 9.64 Å². The van der Waals surface area contributed by atoms with Crippen LogP contribution in [0, 0.1) is 0 Å². The molecule has 0 radical (unpaired) electrons. The lowest BCUT2D eigenvalue weighted by molar-refractivity contribution is -0.108. The molecule has 0 unspecified atom stereocenters. The third-order valence-corrected chi connectivity index (χ3v) is 6.28. The number of nitrogens with zero attached hydrogens (tertiary/aromatic N) is 3. The molecule has 0 amide bonds. The molecule has 5 heteroatoms. The van der Waals surface area contributed by atoms with Gasteiger partial charge in [-0.3, -0.25) is 0 Å². The van der Waals surface area contributed by atoms with Crippen LogP contribution in [0.1, 0.15) is 48.8 Å². The highest BCUT2D eigenvalue weighted by molar-refractivity contribution is 5.62. The lowest BCUT2D eigenvalue weighted by atomic mass is 9.99. The molecule has 3 aromatic rings. The zero-order valence-electron chi connectivity index (χ0n) is 19.0. The molecule has 1 aromatic heterocycles. The minimum atomic E-state index is 0.382. The lowest BCUT2D eigenvalue weighted by Crippen LogP contribution is -2.22. The van der Waals surface area contributed by atoms with Gasteiger partial charge in [0.15, 0.2) is 0 Å². The number of aryl methyl sites for hydroxylation is 2. The van der Waals surface area contributed by atoms with Crippen molar-refractivity contribution < 1.29 is 9.53 Å². The van der Waals surface area contributed by atoms with Crippen LogP contribution in [-0.2, 0) is 17.6 Å². The first-order valence-electron chi connectivity index (χ1n) is 11.5.